The summed E-state index contributed by atoms with van der Waals surface area (Å²) in [7, 11) is 1.87. The van der Waals surface area contributed by atoms with Gasteiger partial charge < -0.3 is 0 Å². The fourth-order valence-corrected chi connectivity index (χ4v) is 2.10. The Hall–Kier alpha value is -1.49. The standard InChI is InChI=1S/C9H9N3OS/c1-6-8(3-12(2)11-6)9-10-7(4-13)5-14-9/h3-5H,1-2H3. The van der Waals surface area contributed by atoms with Crippen LogP contribution in [0.3, 0.4) is 0 Å². The van der Waals surface area contributed by atoms with E-state index >= 15 is 0 Å². The first-order valence-electron chi connectivity index (χ1n) is 4.12. The third kappa shape index (κ3) is 1.46. The maximum absolute atomic E-state index is 10.5. The predicted molar refractivity (Wildman–Crippen MR) is 54.4 cm³/mol. The minimum absolute atomic E-state index is 0.480. The molecule has 0 saturated carbocycles. The summed E-state index contributed by atoms with van der Waals surface area (Å²) >= 11 is 1.46. The molecule has 0 aliphatic rings. The number of aldehydes is 1. The van der Waals surface area contributed by atoms with Crippen molar-refractivity contribution in [3.05, 3.63) is 23.0 Å². The van der Waals surface area contributed by atoms with Crippen molar-refractivity contribution in [3.8, 4) is 10.6 Å². The van der Waals surface area contributed by atoms with Crippen molar-refractivity contribution < 1.29 is 4.79 Å². The van der Waals surface area contributed by atoms with Crippen molar-refractivity contribution in [3.63, 3.8) is 0 Å². The molecule has 0 aliphatic heterocycles. The Labute approximate surface area is 85.2 Å². The second-order valence-corrected chi connectivity index (χ2v) is 3.86. The van der Waals surface area contributed by atoms with E-state index in [9.17, 15) is 4.79 Å². The minimum atomic E-state index is 0.480. The zero-order chi connectivity index (χ0) is 10.1. The lowest BCUT2D eigenvalue weighted by atomic mass is 10.3. The molecule has 0 saturated heterocycles. The van der Waals surface area contributed by atoms with Gasteiger partial charge in [0.2, 0.25) is 0 Å². The first kappa shape index (κ1) is 9.08. The molecule has 14 heavy (non-hydrogen) atoms. The Balaban J connectivity index is 2.48. The molecule has 2 heterocycles. The van der Waals surface area contributed by atoms with Crippen LogP contribution in [0.5, 0.6) is 0 Å². The van der Waals surface area contributed by atoms with Gasteiger partial charge in [-0.1, -0.05) is 0 Å². The molecule has 0 bridgehead atoms. The van der Waals surface area contributed by atoms with E-state index in [-0.39, 0.29) is 0 Å². The van der Waals surface area contributed by atoms with Crippen LogP contribution >= 0.6 is 11.3 Å². The summed E-state index contributed by atoms with van der Waals surface area (Å²) in [5.41, 5.74) is 2.40. The first-order valence-corrected chi connectivity index (χ1v) is 5.00. The van der Waals surface area contributed by atoms with Crippen molar-refractivity contribution in [2.45, 2.75) is 6.92 Å². The summed E-state index contributed by atoms with van der Waals surface area (Å²) in [6, 6.07) is 0. The maximum Gasteiger partial charge on any atom is 0.169 e. The van der Waals surface area contributed by atoms with Gasteiger partial charge in [-0.05, 0) is 6.92 Å². The molecule has 0 atom stereocenters. The van der Waals surface area contributed by atoms with E-state index in [4.69, 9.17) is 0 Å². The number of thiazole rings is 1. The van der Waals surface area contributed by atoms with Gasteiger partial charge >= 0.3 is 0 Å². The lowest BCUT2D eigenvalue weighted by molar-refractivity contribution is 0.111. The van der Waals surface area contributed by atoms with Crippen LogP contribution < -0.4 is 0 Å². The molecular formula is C9H9N3OS. The third-order valence-electron chi connectivity index (χ3n) is 1.89. The quantitative estimate of drug-likeness (QED) is 0.704. The number of carbonyl (C=O) groups is 1. The van der Waals surface area contributed by atoms with E-state index in [1.54, 1.807) is 10.1 Å². The molecule has 5 heteroatoms. The average molecular weight is 207 g/mol. The van der Waals surface area contributed by atoms with Gasteiger partial charge in [0.05, 0.1) is 11.3 Å². The highest BCUT2D eigenvalue weighted by atomic mass is 32.1. The molecule has 72 valence electrons. The van der Waals surface area contributed by atoms with Crippen LogP contribution in [-0.2, 0) is 7.05 Å². The summed E-state index contributed by atoms with van der Waals surface area (Å²) in [6.45, 7) is 1.93. The first-order chi connectivity index (χ1) is 6.70. The molecule has 0 fully saturated rings. The van der Waals surface area contributed by atoms with Crippen LogP contribution in [-0.4, -0.2) is 21.1 Å². The van der Waals surface area contributed by atoms with Crippen molar-refractivity contribution in [1.29, 1.82) is 0 Å². The topological polar surface area (TPSA) is 47.8 Å². The molecule has 0 aliphatic carbocycles. The third-order valence-corrected chi connectivity index (χ3v) is 2.78. The van der Waals surface area contributed by atoms with E-state index in [2.05, 4.69) is 10.1 Å². The molecule has 4 nitrogen and oxygen atoms in total. The zero-order valence-corrected chi connectivity index (χ0v) is 8.71. The Bertz CT molecular complexity index is 472. The van der Waals surface area contributed by atoms with Gasteiger partial charge in [-0.3, -0.25) is 9.48 Å². The summed E-state index contributed by atoms with van der Waals surface area (Å²) in [5, 5.41) is 6.81. The predicted octanol–water partition coefficient (Wildman–Crippen LogP) is 1.66. The fraction of sp³-hybridized carbons (Fsp3) is 0.222. The molecule has 0 aromatic carbocycles. The van der Waals surface area contributed by atoms with Crippen molar-refractivity contribution in [2.75, 3.05) is 0 Å². The molecule has 0 amide bonds. The fourth-order valence-electron chi connectivity index (χ4n) is 1.27. The van der Waals surface area contributed by atoms with Crippen LogP contribution in [0.25, 0.3) is 10.6 Å². The second-order valence-electron chi connectivity index (χ2n) is 3.00. The lowest BCUT2D eigenvalue weighted by Crippen LogP contribution is -1.86. The number of aryl methyl sites for hydroxylation is 2. The van der Waals surface area contributed by atoms with Gasteiger partial charge in [-0.25, -0.2) is 4.98 Å². The van der Waals surface area contributed by atoms with Gasteiger partial charge in [-0.2, -0.15) is 5.10 Å². The molecule has 0 unspecified atom stereocenters. The number of rotatable bonds is 2. The summed E-state index contributed by atoms with van der Waals surface area (Å²) in [4.78, 5) is 14.6. The van der Waals surface area contributed by atoms with E-state index < -0.39 is 0 Å². The molecule has 2 aromatic rings. The molecule has 0 spiro atoms. The lowest BCUT2D eigenvalue weighted by Gasteiger charge is -1.88. The minimum Gasteiger partial charge on any atom is -0.296 e. The molecule has 0 N–H and O–H groups in total. The van der Waals surface area contributed by atoms with Gasteiger partial charge in [0.25, 0.3) is 0 Å². The van der Waals surface area contributed by atoms with Crippen LogP contribution in [0.4, 0.5) is 0 Å². The Morgan fingerprint density at radius 3 is 2.86 bits per heavy atom. The highest BCUT2D eigenvalue weighted by Gasteiger charge is 2.09. The number of nitrogens with zero attached hydrogens (tertiary/aromatic N) is 3. The Kier molecular flexibility index (Phi) is 2.17. The van der Waals surface area contributed by atoms with Crippen molar-refractivity contribution in [1.82, 2.24) is 14.8 Å². The van der Waals surface area contributed by atoms with Crippen LogP contribution in [0.2, 0.25) is 0 Å². The monoisotopic (exact) mass is 207 g/mol. The normalized spacial score (nSPS) is 10.4. The maximum atomic E-state index is 10.5. The SMILES string of the molecule is Cc1nn(C)cc1-c1nc(C=O)cs1. The van der Waals surface area contributed by atoms with Crippen LogP contribution in [0, 0.1) is 6.92 Å². The van der Waals surface area contributed by atoms with E-state index in [1.807, 2.05) is 20.2 Å². The van der Waals surface area contributed by atoms with Gasteiger partial charge in [0, 0.05) is 18.6 Å². The van der Waals surface area contributed by atoms with E-state index in [0.717, 1.165) is 22.6 Å². The Morgan fingerprint density at radius 2 is 2.36 bits per heavy atom. The second kappa shape index (κ2) is 3.34. The van der Waals surface area contributed by atoms with E-state index in [0.29, 0.717) is 5.69 Å². The van der Waals surface area contributed by atoms with Gasteiger partial charge in [-0.15, -0.1) is 11.3 Å². The number of hydrogen-bond donors (Lipinski definition) is 0. The highest BCUT2D eigenvalue weighted by molar-refractivity contribution is 7.13. The molecular weight excluding hydrogens is 198 g/mol. The summed E-state index contributed by atoms with van der Waals surface area (Å²) in [5.74, 6) is 0. The smallest absolute Gasteiger partial charge is 0.169 e. The van der Waals surface area contributed by atoms with Crippen molar-refractivity contribution in [2.24, 2.45) is 7.05 Å². The number of aromatic nitrogens is 3. The Morgan fingerprint density at radius 1 is 1.57 bits per heavy atom. The van der Waals surface area contributed by atoms with E-state index in [1.165, 1.54) is 11.3 Å². The van der Waals surface area contributed by atoms with Crippen LogP contribution in [0.1, 0.15) is 16.2 Å². The summed E-state index contributed by atoms with van der Waals surface area (Å²) in [6.07, 6.45) is 2.66. The van der Waals surface area contributed by atoms with Crippen LogP contribution in [0.15, 0.2) is 11.6 Å². The number of hydrogen-bond acceptors (Lipinski definition) is 4. The largest absolute Gasteiger partial charge is 0.296 e. The zero-order valence-electron chi connectivity index (χ0n) is 7.89. The molecule has 0 radical (unpaired) electrons. The number of carbonyl (C=O) groups excluding carboxylic acids is 1. The highest BCUT2D eigenvalue weighted by Crippen LogP contribution is 2.25. The van der Waals surface area contributed by atoms with Gasteiger partial charge in [0.15, 0.2) is 6.29 Å². The molecule has 2 aromatic heterocycles. The average Bonchev–Trinajstić information content (AvgIpc) is 2.71. The van der Waals surface area contributed by atoms with Crippen molar-refractivity contribution >= 4 is 17.6 Å². The summed E-state index contributed by atoms with van der Waals surface area (Å²) < 4.78 is 1.74. The molecule has 2 rings (SSSR count). The van der Waals surface area contributed by atoms with Gasteiger partial charge in [0.1, 0.15) is 10.7 Å².